The molecular weight excluding hydrogens is 709 g/mol. The summed E-state index contributed by atoms with van der Waals surface area (Å²) in [6.07, 6.45) is 0. The molecule has 0 amide bonds. The molecule has 268 valence electrons. The lowest BCUT2D eigenvalue weighted by molar-refractivity contribution is 1.18. The number of para-hydroxylation sites is 3. The predicted molar refractivity (Wildman–Crippen MR) is 245 cm³/mol. The summed E-state index contributed by atoms with van der Waals surface area (Å²) in [6, 6.07) is 79.4. The standard InChI is InChI=1S/C54H36N2S/c1-3-16-37(17-4-1)40-34-41(38-18-5-2-6-19-38)36-43(35-40)55(52-28-15-24-48-47-23-10-14-29-53(47)57-54(48)52)42-32-30-39(31-33-42)44-20-7-11-25-49(44)56-50-26-12-8-21-45(50)46-22-9-13-27-51(46)56/h1-36H. The lowest BCUT2D eigenvalue weighted by atomic mass is 9.97. The van der Waals surface area contributed by atoms with E-state index in [1.165, 1.54) is 75.4 Å². The molecule has 2 aromatic heterocycles. The van der Waals surface area contributed by atoms with Crippen molar-refractivity contribution in [1.29, 1.82) is 0 Å². The smallest absolute Gasteiger partial charge is 0.0640 e. The van der Waals surface area contributed by atoms with Crippen LogP contribution in [0.3, 0.4) is 0 Å². The molecule has 2 nitrogen and oxygen atoms in total. The van der Waals surface area contributed by atoms with Crippen molar-refractivity contribution in [1.82, 2.24) is 4.57 Å². The molecular formula is C54H36N2S. The number of anilines is 3. The molecule has 0 aliphatic heterocycles. The van der Waals surface area contributed by atoms with Gasteiger partial charge in [0.25, 0.3) is 0 Å². The van der Waals surface area contributed by atoms with Gasteiger partial charge >= 0.3 is 0 Å². The molecule has 0 N–H and O–H groups in total. The second-order valence-electron chi connectivity index (χ2n) is 14.5. The summed E-state index contributed by atoms with van der Waals surface area (Å²) in [6.45, 7) is 0. The van der Waals surface area contributed by atoms with Gasteiger partial charge in [-0.25, -0.2) is 0 Å². The Kier molecular flexibility index (Phi) is 8.04. The largest absolute Gasteiger partial charge is 0.309 e. The summed E-state index contributed by atoms with van der Waals surface area (Å²) >= 11 is 1.86. The van der Waals surface area contributed by atoms with Crippen LogP contribution in [0, 0.1) is 0 Å². The highest BCUT2D eigenvalue weighted by atomic mass is 32.1. The van der Waals surface area contributed by atoms with Gasteiger partial charge in [-0.3, -0.25) is 0 Å². The molecule has 0 aliphatic rings. The number of hydrogen-bond donors (Lipinski definition) is 0. The summed E-state index contributed by atoms with van der Waals surface area (Å²) in [5, 5.41) is 5.09. The molecule has 0 fully saturated rings. The second kappa shape index (κ2) is 13.8. The number of rotatable bonds is 7. The monoisotopic (exact) mass is 744 g/mol. The molecule has 0 atom stereocenters. The molecule has 11 aromatic rings. The third kappa shape index (κ3) is 5.71. The van der Waals surface area contributed by atoms with Crippen LogP contribution in [0.15, 0.2) is 218 Å². The average molecular weight is 745 g/mol. The fraction of sp³-hybridized carbons (Fsp3) is 0. The molecule has 2 heterocycles. The van der Waals surface area contributed by atoms with E-state index in [9.17, 15) is 0 Å². The number of hydrogen-bond acceptors (Lipinski definition) is 2. The van der Waals surface area contributed by atoms with Gasteiger partial charge in [0.15, 0.2) is 0 Å². The Balaban J connectivity index is 1.12. The first-order valence-corrected chi connectivity index (χ1v) is 20.2. The first kappa shape index (κ1) is 33.2. The molecule has 0 aliphatic carbocycles. The Bertz CT molecular complexity index is 3120. The zero-order valence-electron chi connectivity index (χ0n) is 31.1. The Morgan fingerprint density at radius 2 is 0.895 bits per heavy atom. The molecule has 0 unspecified atom stereocenters. The van der Waals surface area contributed by atoms with Crippen molar-refractivity contribution in [2.75, 3.05) is 4.90 Å². The lowest BCUT2D eigenvalue weighted by Crippen LogP contribution is -2.10. The number of fused-ring (bicyclic) bond motifs is 6. The Labute approximate surface area is 335 Å². The third-order valence-electron chi connectivity index (χ3n) is 11.2. The summed E-state index contributed by atoms with van der Waals surface area (Å²) in [5.74, 6) is 0. The van der Waals surface area contributed by atoms with E-state index in [-0.39, 0.29) is 0 Å². The van der Waals surface area contributed by atoms with Gasteiger partial charge in [0, 0.05) is 43.2 Å². The van der Waals surface area contributed by atoms with Crippen LogP contribution in [-0.2, 0) is 0 Å². The van der Waals surface area contributed by atoms with Crippen LogP contribution >= 0.6 is 11.3 Å². The van der Waals surface area contributed by atoms with E-state index in [1.807, 2.05) is 11.3 Å². The Hall–Kier alpha value is -7.20. The first-order chi connectivity index (χ1) is 28.3. The van der Waals surface area contributed by atoms with Crippen molar-refractivity contribution < 1.29 is 0 Å². The fourth-order valence-corrected chi connectivity index (χ4v) is 9.76. The molecule has 0 bridgehead atoms. The van der Waals surface area contributed by atoms with Crippen LogP contribution in [0.2, 0.25) is 0 Å². The first-order valence-electron chi connectivity index (χ1n) is 19.4. The van der Waals surface area contributed by atoms with Gasteiger partial charge in [0.2, 0.25) is 0 Å². The molecule has 0 saturated carbocycles. The number of nitrogens with zero attached hydrogens (tertiary/aromatic N) is 2. The van der Waals surface area contributed by atoms with Crippen molar-refractivity contribution in [3.8, 4) is 39.1 Å². The number of benzene rings is 9. The SMILES string of the molecule is c1ccc(-c2cc(-c3ccccc3)cc(N(c3ccc(-c4ccccc4-n4c5ccccc5c5ccccc54)cc3)c3cccc4c3sc3ccccc34)c2)cc1. The quantitative estimate of drug-likeness (QED) is 0.158. The van der Waals surface area contributed by atoms with Crippen molar-refractivity contribution in [2.24, 2.45) is 0 Å². The highest BCUT2D eigenvalue weighted by molar-refractivity contribution is 7.26. The van der Waals surface area contributed by atoms with Gasteiger partial charge in [-0.1, -0.05) is 158 Å². The van der Waals surface area contributed by atoms with Gasteiger partial charge in [-0.15, -0.1) is 11.3 Å². The van der Waals surface area contributed by atoms with Crippen LogP contribution in [-0.4, -0.2) is 4.57 Å². The van der Waals surface area contributed by atoms with Gasteiger partial charge < -0.3 is 9.47 Å². The Morgan fingerprint density at radius 1 is 0.351 bits per heavy atom. The Morgan fingerprint density at radius 3 is 1.56 bits per heavy atom. The fourth-order valence-electron chi connectivity index (χ4n) is 8.56. The summed E-state index contributed by atoms with van der Waals surface area (Å²) < 4.78 is 4.98. The highest BCUT2D eigenvalue weighted by Gasteiger charge is 2.21. The van der Waals surface area contributed by atoms with E-state index in [2.05, 4.69) is 228 Å². The van der Waals surface area contributed by atoms with Crippen molar-refractivity contribution in [3.05, 3.63) is 218 Å². The van der Waals surface area contributed by atoms with Crippen molar-refractivity contribution in [2.45, 2.75) is 0 Å². The minimum atomic E-state index is 1.10. The van der Waals surface area contributed by atoms with E-state index < -0.39 is 0 Å². The predicted octanol–water partition coefficient (Wildman–Crippen LogP) is 15.6. The minimum absolute atomic E-state index is 1.10. The van der Waals surface area contributed by atoms with Crippen LogP contribution in [0.4, 0.5) is 17.1 Å². The van der Waals surface area contributed by atoms with Crippen LogP contribution in [0.5, 0.6) is 0 Å². The van der Waals surface area contributed by atoms with E-state index in [1.54, 1.807) is 0 Å². The molecule has 57 heavy (non-hydrogen) atoms. The van der Waals surface area contributed by atoms with Crippen LogP contribution in [0.25, 0.3) is 81.0 Å². The zero-order valence-corrected chi connectivity index (χ0v) is 31.9. The summed E-state index contributed by atoms with van der Waals surface area (Å²) in [5.41, 5.74) is 14.0. The van der Waals surface area contributed by atoms with Crippen molar-refractivity contribution >= 4 is 70.4 Å². The minimum Gasteiger partial charge on any atom is -0.309 e. The third-order valence-corrected chi connectivity index (χ3v) is 12.4. The maximum absolute atomic E-state index is 2.46. The van der Waals surface area contributed by atoms with Gasteiger partial charge in [-0.05, 0) is 88.5 Å². The van der Waals surface area contributed by atoms with E-state index in [0.29, 0.717) is 0 Å². The summed E-state index contributed by atoms with van der Waals surface area (Å²) in [7, 11) is 0. The molecule has 9 aromatic carbocycles. The normalized spacial score (nSPS) is 11.5. The highest BCUT2D eigenvalue weighted by Crippen LogP contribution is 2.47. The van der Waals surface area contributed by atoms with Gasteiger partial charge in [0.1, 0.15) is 0 Å². The number of thiophene rings is 1. The molecule has 0 saturated heterocycles. The van der Waals surface area contributed by atoms with Crippen LogP contribution in [0.1, 0.15) is 0 Å². The zero-order chi connectivity index (χ0) is 37.7. The maximum Gasteiger partial charge on any atom is 0.0640 e. The second-order valence-corrected chi connectivity index (χ2v) is 15.6. The molecule has 0 spiro atoms. The van der Waals surface area contributed by atoms with Gasteiger partial charge in [-0.2, -0.15) is 0 Å². The van der Waals surface area contributed by atoms with Crippen molar-refractivity contribution in [3.63, 3.8) is 0 Å². The molecule has 3 heteroatoms. The topological polar surface area (TPSA) is 8.17 Å². The molecule has 0 radical (unpaired) electrons. The van der Waals surface area contributed by atoms with E-state index in [0.717, 1.165) is 22.7 Å². The van der Waals surface area contributed by atoms with Crippen LogP contribution < -0.4 is 4.90 Å². The number of aromatic nitrogens is 1. The van der Waals surface area contributed by atoms with E-state index in [4.69, 9.17) is 0 Å². The average Bonchev–Trinajstić information content (AvgIpc) is 3.84. The van der Waals surface area contributed by atoms with Gasteiger partial charge in [0.05, 0.1) is 27.1 Å². The molecule has 11 rings (SSSR count). The maximum atomic E-state index is 2.46. The summed E-state index contributed by atoms with van der Waals surface area (Å²) in [4.78, 5) is 2.46. The van der Waals surface area contributed by atoms with E-state index >= 15 is 0 Å². The lowest BCUT2D eigenvalue weighted by Gasteiger charge is -2.28.